The Labute approximate surface area is 101 Å². The summed E-state index contributed by atoms with van der Waals surface area (Å²) in [5.41, 5.74) is 8.76. The first-order chi connectivity index (χ1) is 8.38. The molecule has 1 fully saturated rings. The van der Waals surface area contributed by atoms with Crippen LogP contribution in [0.25, 0.3) is 5.65 Å². The Morgan fingerprint density at radius 2 is 2.06 bits per heavy atom. The predicted octanol–water partition coefficient (Wildman–Crippen LogP) is 2.24. The van der Waals surface area contributed by atoms with Gasteiger partial charge in [-0.1, -0.05) is 19.3 Å². The quantitative estimate of drug-likeness (QED) is 0.860. The normalized spacial score (nSPS) is 17.7. The van der Waals surface area contributed by atoms with Gasteiger partial charge in [0, 0.05) is 12.5 Å². The molecule has 0 saturated heterocycles. The molecule has 2 N–H and O–H groups in total. The molecule has 17 heavy (non-hydrogen) atoms. The molecular formula is C13H18N4. The molecule has 4 heteroatoms. The summed E-state index contributed by atoms with van der Waals surface area (Å²) in [4.78, 5) is 4.30. The minimum Gasteiger partial charge on any atom is -0.325 e. The number of rotatable bonds is 2. The third-order valence-corrected chi connectivity index (χ3v) is 3.69. The Kier molecular flexibility index (Phi) is 2.81. The number of hydrogen-bond donors (Lipinski definition) is 1. The van der Waals surface area contributed by atoms with E-state index in [2.05, 4.69) is 17.1 Å². The highest BCUT2D eigenvalue weighted by Crippen LogP contribution is 2.31. The van der Waals surface area contributed by atoms with Crippen LogP contribution in [0.4, 0.5) is 0 Å². The molecule has 2 heterocycles. The van der Waals surface area contributed by atoms with E-state index in [0.717, 1.165) is 11.3 Å². The van der Waals surface area contributed by atoms with Crippen molar-refractivity contribution in [3.05, 3.63) is 29.7 Å². The van der Waals surface area contributed by atoms with E-state index in [0.29, 0.717) is 12.5 Å². The maximum absolute atomic E-state index is 5.69. The van der Waals surface area contributed by atoms with E-state index >= 15 is 0 Å². The van der Waals surface area contributed by atoms with Gasteiger partial charge in [-0.05, 0) is 25.0 Å². The molecule has 0 bridgehead atoms. The maximum Gasteiger partial charge on any atom is 0.153 e. The molecule has 0 spiro atoms. The van der Waals surface area contributed by atoms with Gasteiger partial charge in [0.2, 0.25) is 0 Å². The van der Waals surface area contributed by atoms with Crippen LogP contribution in [0.5, 0.6) is 0 Å². The third kappa shape index (κ3) is 1.93. The smallest absolute Gasteiger partial charge is 0.153 e. The van der Waals surface area contributed by atoms with Crippen molar-refractivity contribution in [3.8, 4) is 0 Å². The van der Waals surface area contributed by atoms with E-state index in [1.807, 2.05) is 10.7 Å². The summed E-state index contributed by atoms with van der Waals surface area (Å²) >= 11 is 0. The van der Waals surface area contributed by atoms with Gasteiger partial charge in [0.1, 0.15) is 0 Å². The number of fused-ring (bicyclic) bond motifs is 1. The van der Waals surface area contributed by atoms with E-state index in [1.54, 1.807) is 0 Å². The number of hydrogen-bond acceptors (Lipinski definition) is 3. The highest BCUT2D eigenvalue weighted by atomic mass is 15.3. The summed E-state index contributed by atoms with van der Waals surface area (Å²) in [6.45, 7) is 0.488. The van der Waals surface area contributed by atoms with E-state index < -0.39 is 0 Å². The van der Waals surface area contributed by atoms with Gasteiger partial charge in [-0.15, -0.1) is 0 Å². The Morgan fingerprint density at radius 1 is 1.24 bits per heavy atom. The second kappa shape index (κ2) is 4.45. The standard InChI is InChI=1S/C13H18N4/c14-8-11-9-15-13-7-6-12(16-17(11)13)10-4-2-1-3-5-10/h6-7,9-10H,1-5,8,14H2. The molecule has 2 aromatic rings. The van der Waals surface area contributed by atoms with Crippen LogP contribution in [0.3, 0.4) is 0 Å². The zero-order valence-electron chi connectivity index (χ0n) is 9.97. The molecule has 4 nitrogen and oxygen atoms in total. The maximum atomic E-state index is 5.69. The van der Waals surface area contributed by atoms with Crippen LogP contribution in [-0.4, -0.2) is 14.6 Å². The molecule has 0 aliphatic heterocycles. The van der Waals surface area contributed by atoms with E-state index in [4.69, 9.17) is 10.8 Å². The van der Waals surface area contributed by atoms with Crippen molar-refractivity contribution in [2.45, 2.75) is 44.6 Å². The summed E-state index contributed by atoms with van der Waals surface area (Å²) < 4.78 is 1.89. The number of nitrogens with zero attached hydrogens (tertiary/aromatic N) is 3. The molecule has 0 radical (unpaired) electrons. The van der Waals surface area contributed by atoms with Crippen LogP contribution < -0.4 is 5.73 Å². The van der Waals surface area contributed by atoms with Gasteiger partial charge in [-0.2, -0.15) is 5.10 Å². The van der Waals surface area contributed by atoms with Crippen molar-refractivity contribution in [1.82, 2.24) is 14.6 Å². The van der Waals surface area contributed by atoms with Crippen molar-refractivity contribution in [3.63, 3.8) is 0 Å². The van der Waals surface area contributed by atoms with Gasteiger partial charge in [0.25, 0.3) is 0 Å². The molecule has 0 aromatic carbocycles. The summed E-state index contributed by atoms with van der Waals surface area (Å²) in [7, 11) is 0. The van der Waals surface area contributed by atoms with Crippen molar-refractivity contribution in [2.24, 2.45) is 5.73 Å². The second-order valence-corrected chi connectivity index (χ2v) is 4.82. The van der Waals surface area contributed by atoms with Crippen LogP contribution in [0, 0.1) is 0 Å². The second-order valence-electron chi connectivity index (χ2n) is 4.82. The lowest BCUT2D eigenvalue weighted by atomic mass is 9.87. The van der Waals surface area contributed by atoms with Crippen molar-refractivity contribution in [1.29, 1.82) is 0 Å². The van der Waals surface area contributed by atoms with Gasteiger partial charge in [-0.3, -0.25) is 0 Å². The third-order valence-electron chi connectivity index (χ3n) is 3.69. The topological polar surface area (TPSA) is 56.2 Å². The fraction of sp³-hybridized carbons (Fsp3) is 0.538. The lowest BCUT2D eigenvalue weighted by molar-refractivity contribution is 0.432. The Hall–Kier alpha value is -1.42. The average Bonchev–Trinajstić information content (AvgIpc) is 2.81. The Morgan fingerprint density at radius 3 is 2.82 bits per heavy atom. The highest BCUT2D eigenvalue weighted by molar-refractivity contribution is 5.39. The van der Waals surface area contributed by atoms with Crippen molar-refractivity contribution in [2.75, 3.05) is 0 Å². The summed E-state index contributed by atoms with van der Waals surface area (Å²) in [5, 5.41) is 4.70. The van der Waals surface area contributed by atoms with Crippen LogP contribution in [0.1, 0.15) is 49.4 Å². The molecule has 90 valence electrons. The average molecular weight is 230 g/mol. The van der Waals surface area contributed by atoms with E-state index in [-0.39, 0.29) is 0 Å². The summed E-state index contributed by atoms with van der Waals surface area (Å²) in [6, 6.07) is 4.18. The molecule has 1 saturated carbocycles. The van der Waals surface area contributed by atoms with E-state index in [1.165, 1.54) is 37.8 Å². The summed E-state index contributed by atoms with van der Waals surface area (Å²) in [5.74, 6) is 0.626. The number of aromatic nitrogens is 3. The lowest BCUT2D eigenvalue weighted by Gasteiger charge is -2.20. The van der Waals surface area contributed by atoms with Gasteiger partial charge in [-0.25, -0.2) is 9.50 Å². The fourth-order valence-electron chi connectivity index (χ4n) is 2.69. The first-order valence-corrected chi connectivity index (χ1v) is 6.42. The van der Waals surface area contributed by atoms with Crippen molar-refractivity contribution >= 4 is 5.65 Å². The fourth-order valence-corrected chi connectivity index (χ4v) is 2.69. The zero-order valence-corrected chi connectivity index (χ0v) is 9.97. The zero-order chi connectivity index (χ0) is 11.7. The summed E-state index contributed by atoms with van der Waals surface area (Å²) in [6.07, 6.45) is 8.39. The molecule has 0 atom stereocenters. The lowest BCUT2D eigenvalue weighted by Crippen LogP contribution is -2.10. The van der Waals surface area contributed by atoms with Crippen LogP contribution in [0.2, 0.25) is 0 Å². The van der Waals surface area contributed by atoms with Crippen LogP contribution in [-0.2, 0) is 6.54 Å². The first kappa shape index (κ1) is 10.7. The Balaban J connectivity index is 1.99. The van der Waals surface area contributed by atoms with Crippen LogP contribution in [0.15, 0.2) is 18.3 Å². The SMILES string of the molecule is NCc1cnc2ccc(C3CCCCC3)nn12. The number of imidazole rings is 1. The van der Waals surface area contributed by atoms with Gasteiger partial charge >= 0.3 is 0 Å². The van der Waals surface area contributed by atoms with Gasteiger partial charge in [0.15, 0.2) is 5.65 Å². The molecular weight excluding hydrogens is 212 g/mol. The largest absolute Gasteiger partial charge is 0.325 e. The Bertz CT molecular complexity index is 511. The molecule has 1 aliphatic rings. The molecule has 0 unspecified atom stereocenters. The molecule has 1 aliphatic carbocycles. The molecule has 2 aromatic heterocycles. The minimum absolute atomic E-state index is 0.488. The predicted molar refractivity (Wildman–Crippen MR) is 66.7 cm³/mol. The van der Waals surface area contributed by atoms with Crippen LogP contribution >= 0.6 is 0 Å². The molecule has 0 amide bonds. The van der Waals surface area contributed by atoms with Gasteiger partial charge < -0.3 is 5.73 Å². The highest BCUT2D eigenvalue weighted by Gasteiger charge is 2.17. The monoisotopic (exact) mass is 230 g/mol. The van der Waals surface area contributed by atoms with Crippen molar-refractivity contribution < 1.29 is 0 Å². The molecule has 3 rings (SSSR count). The number of nitrogens with two attached hydrogens (primary N) is 1. The first-order valence-electron chi connectivity index (χ1n) is 6.42. The van der Waals surface area contributed by atoms with E-state index in [9.17, 15) is 0 Å². The van der Waals surface area contributed by atoms with Gasteiger partial charge in [0.05, 0.1) is 17.6 Å². The minimum atomic E-state index is 0.488.